The molecule has 1 atom stereocenters. The summed E-state index contributed by atoms with van der Waals surface area (Å²) in [7, 11) is 0. The van der Waals surface area contributed by atoms with E-state index in [0.717, 1.165) is 40.4 Å². The lowest BCUT2D eigenvalue weighted by Gasteiger charge is -2.20. The van der Waals surface area contributed by atoms with Crippen LogP contribution >= 0.6 is 23.1 Å². The molecule has 2 N–H and O–H groups in total. The van der Waals surface area contributed by atoms with Crippen LogP contribution in [0.4, 0.5) is 10.8 Å². The summed E-state index contributed by atoms with van der Waals surface area (Å²) in [6, 6.07) is 16.9. The van der Waals surface area contributed by atoms with E-state index in [1.165, 1.54) is 11.3 Å². The molecular weight excluding hydrogens is 402 g/mol. The van der Waals surface area contributed by atoms with Crippen LogP contribution in [-0.4, -0.2) is 23.1 Å². The summed E-state index contributed by atoms with van der Waals surface area (Å²) in [5, 5.41) is 6.45. The van der Waals surface area contributed by atoms with Gasteiger partial charge in [-0.15, -0.1) is 23.1 Å². The van der Waals surface area contributed by atoms with Gasteiger partial charge in [-0.05, 0) is 55.9 Å². The number of amides is 2. The first-order chi connectivity index (χ1) is 14.1. The van der Waals surface area contributed by atoms with E-state index in [0.29, 0.717) is 10.7 Å². The fourth-order valence-corrected chi connectivity index (χ4v) is 4.94. The highest BCUT2D eigenvalue weighted by Gasteiger charge is 2.30. The lowest BCUT2D eigenvalue weighted by molar-refractivity contribution is -0.117. The zero-order valence-electron chi connectivity index (χ0n) is 16.0. The summed E-state index contributed by atoms with van der Waals surface area (Å²) < 4.78 is 0. The number of nitrogens with zero attached hydrogens (tertiary/aromatic N) is 1. The minimum absolute atomic E-state index is 0.0459. The van der Waals surface area contributed by atoms with Gasteiger partial charge in [0.25, 0.3) is 5.91 Å². The van der Waals surface area contributed by atoms with Gasteiger partial charge in [-0.3, -0.25) is 14.9 Å². The molecule has 1 aliphatic carbocycles. The van der Waals surface area contributed by atoms with Crippen molar-refractivity contribution < 1.29 is 9.59 Å². The third-order valence-corrected chi connectivity index (χ3v) is 6.64. The van der Waals surface area contributed by atoms with Gasteiger partial charge in [-0.2, -0.15) is 0 Å². The Balaban J connectivity index is 1.50. The molecule has 1 unspecified atom stereocenters. The zero-order valence-corrected chi connectivity index (χ0v) is 17.6. The van der Waals surface area contributed by atoms with Crippen LogP contribution in [-0.2, 0) is 11.2 Å². The van der Waals surface area contributed by atoms with Crippen molar-refractivity contribution in [1.29, 1.82) is 0 Å². The maximum absolute atomic E-state index is 12.9. The molecule has 4 rings (SSSR count). The van der Waals surface area contributed by atoms with E-state index >= 15 is 0 Å². The first kappa shape index (κ1) is 19.7. The number of anilines is 2. The normalized spacial score (nSPS) is 15.4. The van der Waals surface area contributed by atoms with E-state index in [2.05, 4.69) is 15.6 Å². The van der Waals surface area contributed by atoms with Gasteiger partial charge in [0, 0.05) is 21.0 Å². The monoisotopic (exact) mass is 423 g/mol. The van der Waals surface area contributed by atoms with Crippen molar-refractivity contribution in [2.75, 3.05) is 16.9 Å². The van der Waals surface area contributed by atoms with Gasteiger partial charge in [-0.25, -0.2) is 4.98 Å². The van der Waals surface area contributed by atoms with E-state index in [-0.39, 0.29) is 17.7 Å². The summed E-state index contributed by atoms with van der Waals surface area (Å²) in [5.41, 5.74) is 2.17. The number of aryl methyl sites for hydroxylation is 1. The Morgan fingerprint density at radius 1 is 1.10 bits per heavy atom. The summed E-state index contributed by atoms with van der Waals surface area (Å²) in [4.78, 5) is 32.2. The fraction of sp³-hybridized carbons (Fsp3) is 0.227. The van der Waals surface area contributed by atoms with Crippen molar-refractivity contribution in [3.8, 4) is 0 Å². The summed E-state index contributed by atoms with van der Waals surface area (Å²) in [5.74, 6) is -0.530. The largest absolute Gasteiger partial charge is 0.325 e. The number of hydrogen-bond donors (Lipinski definition) is 2. The molecule has 0 fully saturated rings. The molecule has 0 bridgehead atoms. The van der Waals surface area contributed by atoms with Gasteiger partial charge < -0.3 is 5.32 Å². The minimum Gasteiger partial charge on any atom is -0.325 e. The SMILES string of the molecule is CSc1cccc(NC(=O)C2CCCc3sc(NC(=O)c4ccccc4)nc32)c1. The van der Waals surface area contributed by atoms with E-state index in [1.54, 1.807) is 23.9 Å². The molecule has 3 aromatic rings. The second-order valence-electron chi connectivity index (χ2n) is 6.81. The molecule has 5 nitrogen and oxygen atoms in total. The molecule has 7 heteroatoms. The number of carbonyl (C=O) groups excluding carboxylic acids is 2. The fourth-order valence-electron chi connectivity index (χ4n) is 3.42. The Bertz CT molecular complexity index is 1030. The van der Waals surface area contributed by atoms with Crippen LogP contribution < -0.4 is 10.6 Å². The summed E-state index contributed by atoms with van der Waals surface area (Å²) >= 11 is 3.10. The third kappa shape index (κ3) is 4.52. The first-order valence-electron chi connectivity index (χ1n) is 9.45. The Morgan fingerprint density at radius 2 is 1.93 bits per heavy atom. The molecule has 1 aliphatic rings. The Kier molecular flexibility index (Phi) is 5.97. The molecule has 0 aliphatic heterocycles. The number of benzene rings is 2. The lowest BCUT2D eigenvalue weighted by atomic mass is 9.90. The van der Waals surface area contributed by atoms with Crippen LogP contribution in [0.2, 0.25) is 0 Å². The molecule has 1 heterocycles. The van der Waals surface area contributed by atoms with E-state index in [1.807, 2.05) is 48.7 Å². The highest BCUT2D eigenvalue weighted by Crippen LogP contribution is 2.37. The van der Waals surface area contributed by atoms with Crippen LogP contribution in [0.5, 0.6) is 0 Å². The molecule has 0 saturated heterocycles. The molecule has 0 radical (unpaired) electrons. The number of thioether (sulfide) groups is 1. The Morgan fingerprint density at radius 3 is 2.72 bits per heavy atom. The highest BCUT2D eigenvalue weighted by atomic mass is 32.2. The highest BCUT2D eigenvalue weighted by molar-refractivity contribution is 7.98. The second kappa shape index (κ2) is 8.80. The van der Waals surface area contributed by atoms with Crippen molar-refractivity contribution in [3.05, 3.63) is 70.7 Å². The number of carbonyl (C=O) groups is 2. The molecule has 29 heavy (non-hydrogen) atoms. The zero-order chi connectivity index (χ0) is 20.2. The summed E-state index contributed by atoms with van der Waals surface area (Å²) in [6.07, 6.45) is 4.59. The third-order valence-electron chi connectivity index (χ3n) is 4.86. The number of aromatic nitrogens is 1. The average molecular weight is 424 g/mol. The van der Waals surface area contributed by atoms with E-state index in [9.17, 15) is 9.59 Å². The van der Waals surface area contributed by atoms with Gasteiger partial charge in [-0.1, -0.05) is 24.3 Å². The van der Waals surface area contributed by atoms with Crippen LogP contribution in [0.15, 0.2) is 59.5 Å². The van der Waals surface area contributed by atoms with Crippen LogP contribution in [0.1, 0.15) is 39.7 Å². The van der Waals surface area contributed by atoms with Crippen molar-refractivity contribution in [2.24, 2.45) is 0 Å². The predicted molar refractivity (Wildman–Crippen MR) is 119 cm³/mol. The van der Waals surface area contributed by atoms with Crippen LogP contribution in [0.25, 0.3) is 0 Å². The number of hydrogen-bond acceptors (Lipinski definition) is 5. The molecule has 2 aromatic carbocycles. The van der Waals surface area contributed by atoms with Gasteiger partial charge in [0.05, 0.1) is 11.6 Å². The van der Waals surface area contributed by atoms with Crippen molar-refractivity contribution >= 4 is 45.7 Å². The quantitative estimate of drug-likeness (QED) is 0.555. The molecule has 148 valence electrons. The number of nitrogens with one attached hydrogen (secondary N) is 2. The van der Waals surface area contributed by atoms with E-state index in [4.69, 9.17) is 0 Å². The summed E-state index contributed by atoms with van der Waals surface area (Å²) in [6.45, 7) is 0. The first-order valence-corrected chi connectivity index (χ1v) is 11.5. The number of fused-ring (bicyclic) bond motifs is 1. The maximum Gasteiger partial charge on any atom is 0.257 e. The van der Waals surface area contributed by atoms with Gasteiger partial charge in [0.2, 0.25) is 5.91 Å². The second-order valence-corrected chi connectivity index (χ2v) is 8.78. The smallest absolute Gasteiger partial charge is 0.257 e. The maximum atomic E-state index is 12.9. The Hall–Kier alpha value is -2.64. The topological polar surface area (TPSA) is 71.1 Å². The van der Waals surface area contributed by atoms with Gasteiger partial charge in [0.1, 0.15) is 0 Å². The Labute approximate surface area is 178 Å². The van der Waals surface area contributed by atoms with Crippen molar-refractivity contribution in [2.45, 2.75) is 30.1 Å². The number of rotatable bonds is 5. The van der Waals surface area contributed by atoms with Crippen LogP contribution in [0.3, 0.4) is 0 Å². The molecule has 1 aromatic heterocycles. The predicted octanol–water partition coefficient (Wildman–Crippen LogP) is 5.18. The average Bonchev–Trinajstić information content (AvgIpc) is 3.16. The standard InChI is InChI=1S/C22H21N3O2S2/c1-28-16-10-5-9-15(13-16)23-21(27)17-11-6-12-18-19(17)24-22(29-18)25-20(26)14-7-3-2-4-8-14/h2-5,7-10,13,17H,6,11-12H2,1H3,(H,23,27)(H,24,25,26). The lowest BCUT2D eigenvalue weighted by Crippen LogP contribution is -2.24. The molecular formula is C22H21N3O2S2. The molecule has 0 saturated carbocycles. The van der Waals surface area contributed by atoms with Crippen LogP contribution in [0, 0.1) is 0 Å². The van der Waals surface area contributed by atoms with Crippen molar-refractivity contribution in [3.63, 3.8) is 0 Å². The number of thiazole rings is 1. The van der Waals surface area contributed by atoms with E-state index < -0.39 is 0 Å². The van der Waals surface area contributed by atoms with Gasteiger partial charge >= 0.3 is 0 Å². The van der Waals surface area contributed by atoms with Gasteiger partial charge in [0.15, 0.2) is 5.13 Å². The van der Waals surface area contributed by atoms with Crippen molar-refractivity contribution in [1.82, 2.24) is 4.98 Å². The minimum atomic E-state index is -0.296. The molecule has 0 spiro atoms. The molecule has 2 amide bonds.